The van der Waals surface area contributed by atoms with Crippen LogP contribution >= 0.6 is 22.7 Å². The Morgan fingerprint density at radius 3 is 2.70 bits per heavy atom. The van der Waals surface area contributed by atoms with Gasteiger partial charge in [0.2, 0.25) is 0 Å². The van der Waals surface area contributed by atoms with Gasteiger partial charge < -0.3 is 0 Å². The van der Waals surface area contributed by atoms with Crippen molar-refractivity contribution in [3.8, 4) is 11.1 Å². The molecule has 0 amide bonds. The normalized spacial score (nSPS) is 11.5. The van der Waals surface area contributed by atoms with Gasteiger partial charge in [-0.1, -0.05) is 6.07 Å². The van der Waals surface area contributed by atoms with E-state index in [0.29, 0.717) is 0 Å². The summed E-state index contributed by atoms with van der Waals surface area (Å²) in [7, 11) is 0. The largest absolute Gasteiger partial charge is 0.245 e. The Labute approximate surface area is 124 Å². The van der Waals surface area contributed by atoms with Crippen LogP contribution < -0.4 is 0 Å². The van der Waals surface area contributed by atoms with Gasteiger partial charge in [0, 0.05) is 11.1 Å². The first kappa shape index (κ1) is 12.0. The number of aryl methyl sites for hydroxylation is 2. The van der Waals surface area contributed by atoms with E-state index in [1.54, 1.807) is 22.7 Å². The van der Waals surface area contributed by atoms with Crippen LogP contribution in [-0.4, -0.2) is 9.97 Å². The van der Waals surface area contributed by atoms with Crippen LogP contribution in [0.2, 0.25) is 0 Å². The van der Waals surface area contributed by atoms with Crippen LogP contribution in [0.4, 0.5) is 0 Å². The lowest BCUT2D eigenvalue weighted by atomic mass is 9.97. The molecule has 0 bridgehead atoms. The molecule has 0 unspecified atom stereocenters. The number of fused-ring (bicyclic) bond motifs is 2. The van der Waals surface area contributed by atoms with E-state index in [1.807, 2.05) is 11.0 Å². The summed E-state index contributed by atoms with van der Waals surface area (Å²) in [5.74, 6) is 0. The molecule has 0 aliphatic rings. The second kappa shape index (κ2) is 4.36. The first-order chi connectivity index (χ1) is 9.74. The van der Waals surface area contributed by atoms with Crippen molar-refractivity contribution in [1.29, 1.82) is 0 Å². The summed E-state index contributed by atoms with van der Waals surface area (Å²) in [5, 5.41) is 0. The summed E-state index contributed by atoms with van der Waals surface area (Å²) >= 11 is 3.40. The number of thiazole rings is 2. The summed E-state index contributed by atoms with van der Waals surface area (Å²) in [4.78, 5) is 9.01. The van der Waals surface area contributed by atoms with Gasteiger partial charge in [0.1, 0.15) is 0 Å². The maximum absolute atomic E-state index is 4.57. The number of hydrogen-bond donors (Lipinski definition) is 0. The second-order valence-electron chi connectivity index (χ2n) is 4.97. The highest BCUT2D eigenvalue weighted by atomic mass is 32.1. The molecule has 4 rings (SSSR count). The second-order valence-corrected chi connectivity index (χ2v) is 6.71. The lowest BCUT2D eigenvalue weighted by Crippen LogP contribution is -1.87. The van der Waals surface area contributed by atoms with Crippen molar-refractivity contribution in [2.24, 2.45) is 0 Å². The summed E-state index contributed by atoms with van der Waals surface area (Å²) in [6, 6.07) is 8.69. The van der Waals surface area contributed by atoms with Gasteiger partial charge in [-0.3, -0.25) is 0 Å². The summed E-state index contributed by atoms with van der Waals surface area (Å²) < 4.78 is 2.51. The van der Waals surface area contributed by atoms with Crippen LogP contribution in [0.5, 0.6) is 0 Å². The van der Waals surface area contributed by atoms with Gasteiger partial charge in [-0.05, 0) is 43.2 Å². The van der Waals surface area contributed by atoms with Crippen LogP contribution in [0.15, 0.2) is 35.3 Å². The number of benzene rings is 2. The van der Waals surface area contributed by atoms with E-state index >= 15 is 0 Å². The number of nitrogens with zero attached hydrogens (tertiary/aromatic N) is 2. The quantitative estimate of drug-likeness (QED) is 0.483. The van der Waals surface area contributed by atoms with E-state index in [4.69, 9.17) is 0 Å². The lowest BCUT2D eigenvalue weighted by Gasteiger charge is -2.09. The molecule has 0 radical (unpaired) electrons. The molecule has 0 atom stereocenters. The molecule has 2 aromatic carbocycles. The maximum atomic E-state index is 4.57. The van der Waals surface area contributed by atoms with Crippen LogP contribution in [0.25, 0.3) is 31.6 Å². The number of aromatic nitrogens is 2. The monoisotopic (exact) mass is 296 g/mol. The molecule has 0 saturated carbocycles. The van der Waals surface area contributed by atoms with Crippen molar-refractivity contribution in [2.45, 2.75) is 13.8 Å². The van der Waals surface area contributed by atoms with E-state index in [-0.39, 0.29) is 0 Å². The molecule has 0 aliphatic carbocycles. The summed E-state index contributed by atoms with van der Waals surface area (Å²) in [5.41, 5.74) is 11.1. The fourth-order valence-electron chi connectivity index (χ4n) is 2.66. The zero-order valence-corrected chi connectivity index (χ0v) is 12.8. The van der Waals surface area contributed by atoms with Crippen molar-refractivity contribution >= 4 is 43.1 Å². The Balaban J connectivity index is 2.18. The van der Waals surface area contributed by atoms with E-state index in [0.717, 1.165) is 11.0 Å². The zero-order chi connectivity index (χ0) is 13.7. The zero-order valence-electron chi connectivity index (χ0n) is 11.2. The van der Waals surface area contributed by atoms with Gasteiger partial charge in [-0.15, -0.1) is 22.7 Å². The molecule has 20 heavy (non-hydrogen) atoms. The molecule has 2 nitrogen and oxygen atoms in total. The van der Waals surface area contributed by atoms with Gasteiger partial charge in [0.25, 0.3) is 0 Å². The molecule has 2 aromatic heterocycles. The Kier molecular flexibility index (Phi) is 2.62. The summed E-state index contributed by atoms with van der Waals surface area (Å²) in [6.45, 7) is 4.31. The van der Waals surface area contributed by atoms with Crippen LogP contribution in [0, 0.1) is 13.8 Å². The molecule has 0 N–H and O–H groups in total. The summed E-state index contributed by atoms with van der Waals surface area (Å²) in [6.07, 6.45) is 0. The van der Waals surface area contributed by atoms with Gasteiger partial charge >= 0.3 is 0 Å². The fraction of sp³-hybridized carbons (Fsp3) is 0.125. The van der Waals surface area contributed by atoms with Crippen LogP contribution in [0.3, 0.4) is 0 Å². The molecule has 4 aromatic rings. The third-order valence-corrected chi connectivity index (χ3v) is 5.19. The van der Waals surface area contributed by atoms with E-state index in [2.05, 4.69) is 48.1 Å². The number of rotatable bonds is 1. The molecule has 4 heteroatoms. The minimum atomic E-state index is 1.07. The molecule has 0 fully saturated rings. The van der Waals surface area contributed by atoms with Gasteiger partial charge in [-0.25, -0.2) is 9.97 Å². The Morgan fingerprint density at radius 2 is 1.80 bits per heavy atom. The lowest BCUT2D eigenvalue weighted by molar-refractivity contribution is 1.43. The molecule has 0 saturated heterocycles. The molecular formula is C16H12N2S2. The Morgan fingerprint density at radius 1 is 0.950 bits per heavy atom. The standard InChI is InChI=1S/C16H12N2S2/c1-9-5-11(15-13(6-9)19-8-18-15)14-10(2)3-4-12-16(14)20-7-17-12/h3-8H,1-2H3. The van der Waals surface area contributed by atoms with E-state index in [1.165, 1.54) is 31.7 Å². The van der Waals surface area contributed by atoms with Crippen molar-refractivity contribution in [2.75, 3.05) is 0 Å². The van der Waals surface area contributed by atoms with Gasteiger partial charge in [0.05, 0.1) is 31.5 Å². The molecule has 98 valence electrons. The molecule has 0 aliphatic heterocycles. The first-order valence-corrected chi connectivity index (χ1v) is 8.17. The third kappa shape index (κ3) is 1.69. The highest BCUT2D eigenvalue weighted by Crippen LogP contribution is 2.38. The Hall–Kier alpha value is -1.78. The molecule has 2 heterocycles. The number of hydrogen-bond acceptors (Lipinski definition) is 4. The highest BCUT2D eigenvalue weighted by Gasteiger charge is 2.14. The maximum Gasteiger partial charge on any atom is 0.0891 e. The van der Waals surface area contributed by atoms with Crippen LogP contribution in [-0.2, 0) is 0 Å². The van der Waals surface area contributed by atoms with Crippen LogP contribution in [0.1, 0.15) is 11.1 Å². The van der Waals surface area contributed by atoms with E-state index < -0.39 is 0 Å². The van der Waals surface area contributed by atoms with Crippen molar-refractivity contribution < 1.29 is 0 Å². The average Bonchev–Trinajstić information content (AvgIpc) is 3.05. The Bertz CT molecular complexity index is 934. The SMILES string of the molecule is Cc1cc(-c2c(C)ccc3ncsc23)c2ncsc2c1. The van der Waals surface area contributed by atoms with Crippen molar-refractivity contribution in [1.82, 2.24) is 9.97 Å². The predicted molar refractivity (Wildman–Crippen MR) is 87.7 cm³/mol. The fourth-order valence-corrected chi connectivity index (χ4v) is 4.36. The molecule has 0 spiro atoms. The van der Waals surface area contributed by atoms with Gasteiger partial charge in [0.15, 0.2) is 0 Å². The topological polar surface area (TPSA) is 25.8 Å². The predicted octanol–water partition coefficient (Wildman–Crippen LogP) is 5.19. The van der Waals surface area contributed by atoms with Crippen molar-refractivity contribution in [3.63, 3.8) is 0 Å². The minimum Gasteiger partial charge on any atom is -0.245 e. The third-order valence-electron chi connectivity index (χ3n) is 3.56. The molecular weight excluding hydrogens is 284 g/mol. The van der Waals surface area contributed by atoms with Crippen molar-refractivity contribution in [3.05, 3.63) is 46.4 Å². The smallest absolute Gasteiger partial charge is 0.0891 e. The highest BCUT2D eigenvalue weighted by molar-refractivity contribution is 7.17. The first-order valence-electron chi connectivity index (χ1n) is 6.41. The minimum absolute atomic E-state index is 1.07. The van der Waals surface area contributed by atoms with E-state index in [9.17, 15) is 0 Å². The van der Waals surface area contributed by atoms with Gasteiger partial charge in [-0.2, -0.15) is 0 Å². The average molecular weight is 296 g/mol.